The van der Waals surface area contributed by atoms with Crippen molar-refractivity contribution in [3.63, 3.8) is 0 Å². The fourth-order valence-corrected chi connectivity index (χ4v) is 2.32. The van der Waals surface area contributed by atoms with Crippen LogP contribution in [0, 0.1) is 0 Å². The summed E-state index contributed by atoms with van der Waals surface area (Å²) in [7, 11) is 0. The Balaban J connectivity index is 1.95. The molecule has 86 valence electrons. The third-order valence-corrected chi connectivity index (χ3v) is 3.23. The van der Waals surface area contributed by atoms with Crippen LogP contribution in [0.2, 0.25) is 0 Å². The van der Waals surface area contributed by atoms with Gasteiger partial charge in [-0.2, -0.15) is 0 Å². The Morgan fingerprint density at radius 2 is 1.65 bits per heavy atom. The van der Waals surface area contributed by atoms with Crippen molar-refractivity contribution in [2.24, 2.45) is 0 Å². The third-order valence-electron chi connectivity index (χ3n) is 3.23. The molecular formula is C15H14O2. The quantitative estimate of drug-likeness (QED) is 0.810. The van der Waals surface area contributed by atoms with E-state index < -0.39 is 6.29 Å². The number of fused-ring (bicyclic) bond motifs is 1. The monoisotopic (exact) mass is 226 g/mol. The van der Waals surface area contributed by atoms with Crippen LogP contribution in [0.4, 0.5) is 0 Å². The van der Waals surface area contributed by atoms with E-state index in [1.807, 2.05) is 48.5 Å². The molecule has 0 fully saturated rings. The van der Waals surface area contributed by atoms with E-state index >= 15 is 0 Å². The number of ether oxygens (including phenoxy) is 1. The maximum absolute atomic E-state index is 10.0. The minimum absolute atomic E-state index is 0.0195. The first-order chi connectivity index (χ1) is 8.34. The topological polar surface area (TPSA) is 29.5 Å². The normalized spacial score (nSPS) is 22.6. The van der Waals surface area contributed by atoms with E-state index in [1.54, 1.807) is 0 Å². The highest BCUT2D eigenvalue weighted by atomic mass is 16.6. The van der Waals surface area contributed by atoms with Gasteiger partial charge in [-0.25, -0.2) is 0 Å². The van der Waals surface area contributed by atoms with Crippen molar-refractivity contribution in [3.05, 3.63) is 65.7 Å². The highest BCUT2D eigenvalue weighted by molar-refractivity contribution is 5.38. The average Bonchev–Trinajstić information content (AvgIpc) is 2.39. The van der Waals surface area contributed by atoms with Crippen molar-refractivity contribution in [2.75, 3.05) is 0 Å². The van der Waals surface area contributed by atoms with Crippen LogP contribution in [0.15, 0.2) is 54.6 Å². The van der Waals surface area contributed by atoms with E-state index in [0.29, 0.717) is 0 Å². The van der Waals surface area contributed by atoms with E-state index in [0.717, 1.165) is 23.3 Å². The maximum atomic E-state index is 10.0. The summed E-state index contributed by atoms with van der Waals surface area (Å²) in [4.78, 5) is 0. The first-order valence-electron chi connectivity index (χ1n) is 5.82. The smallest absolute Gasteiger partial charge is 0.204 e. The number of aliphatic hydroxyl groups excluding tert-OH is 1. The largest absolute Gasteiger partial charge is 0.464 e. The van der Waals surface area contributed by atoms with Crippen molar-refractivity contribution < 1.29 is 9.84 Å². The molecule has 0 radical (unpaired) electrons. The molecule has 1 N–H and O–H groups in total. The Kier molecular flexibility index (Phi) is 2.57. The Morgan fingerprint density at radius 1 is 0.941 bits per heavy atom. The lowest BCUT2D eigenvalue weighted by atomic mass is 9.89. The third kappa shape index (κ3) is 1.92. The van der Waals surface area contributed by atoms with Gasteiger partial charge in [-0.1, -0.05) is 48.5 Å². The van der Waals surface area contributed by atoms with Gasteiger partial charge in [-0.05, 0) is 23.6 Å². The van der Waals surface area contributed by atoms with Crippen LogP contribution >= 0.6 is 0 Å². The van der Waals surface area contributed by atoms with Crippen molar-refractivity contribution in [1.82, 2.24) is 0 Å². The van der Waals surface area contributed by atoms with Crippen molar-refractivity contribution in [1.29, 1.82) is 0 Å². The van der Waals surface area contributed by atoms with Crippen LogP contribution < -0.4 is 4.74 Å². The number of hydrogen-bond donors (Lipinski definition) is 1. The summed E-state index contributed by atoms with van der Waals surface area (Å²) < 4.78 is 5.55. The Hall–Kier alpha value is -1.80. The average molecular weight is 226 g/mol. The van der Waals surface area contributed by atoms with Gasteiger partial charge in [0, 0.05) is 0 Å². The van der Waals surface area contributed by atoms with Crippen LogP contribution in [0.5, 0.6) is 5.75 Å². The Labute approximate surface area is 100 Å². The molecule has 2 aromatic rings. The van der Waals surface area contributed by atoms with Gasteiger partial charge < -0.3 is 9.84 Å². The van der Waals surface area contributed by atoms with Gasteiger partial charge in [0.2, 0.25) is 6.29 Å². The van der Waals surface area contributed by atoms with E-state index in [4.69, 9.17) is 4.74 Å². The van der Waals surface area contributed by atoms with Crippen molar-refractivity contribution in [2.45, 2.75) is 18.6 Å². The standard InChI is InChI=1S/C15H14O2/c16-15-13(11-6-2-1-3-7-11)10-12-8-4-5-9-14(12)17-15/h1-9,13,15-16H,10H2/t13-,15+/m0/s1. The van der Waals surface area contributed by atoms with Gasteiger partial charge in [0.25, 0.3) is 0 Å². The molecule has 0 bridgehead atoms. The number of para-hydroxylation sites is 1. The minimum atomic E-state index is -0.757. The fraction of sp³-hybridized carbons (Fsp3) is 0.200. The molecule has 0 unspecified atom stereocenters. The summed E-state index contributed by atoms with van der Waals surface area (Å²) in [6.07, 6.45) is 0.0637. The molecule has 1 heterocycles. The molecule has 17 heavy (non-hydrogen) atoms. The summed E-state index contributed by atoms with van der Waals surface area (Å²) in [5.41, 5.74) is 2.28. The molecule has 3 rings (SSSR count). The predicted molar refractivity (Wildman–Crippen MR) is 66.0 cm³/mol. The molecule has 0 saturated heterocycles. The van der Waals surface area contributed by atoms with E-state index in [2.05, 4.69) is 6.07 Å². The van der Waals surface area contributed by atoms with Crippen LogP contribution in [-0.4, -0.2) is 11.4 Å². The zero-order valence-electron chi connectivity index (χ0n) is 9.41. The number of benzene rings is 2. The minimum Gasteiger partial charge on any atom is -0.464 e. The lowest BCUT2D eigenvalue weighted by Crippen LogP contribution is -2.30. The summed E-state index contributed by atoms with van der Waals surface area (Å²) in [5, 5.41) is 10.0. The molecule has 0 saturated carbocycles. The summed E-state index contributed by atoms with van der Waals surface area (Å²) >= 11 is 0. The molecule has 2 nitrogen and oxygen atoms in total. The molecule has 2 atom stereocenters. The first-order valence-corrected chi connectivity index (χ1v) is 5.82. The summed E-state index contributed by atoms with van der Waals surface area (Å²) in [6, 6.07) is 17.9. The predicted octanol–water partition coefficient (Wildman–Crippen LogP) is 2.72. The van der Waals surface area contributed by atoms with Gasteiger partial charge >= 0.3 is 0 Å². The molecule has 0 aromatic heterocycles. The second-order valence-corrected chi connectivity index (χ2v) is 4.34. The van der Waals surface area contributed by atoms with Crippen LogP contribution in [-0.2, 0) is 6.42 Å². The Morgan fingerprint density at radius 3 is 2.47 bits per heavy atom. The molecule has 1 aliphatic rings. The lowest BCUT2D eigenvalue weighted by molar-refractivity contribution is -0.0480. The molecule has 1 aliphatic heterocycles. The molecular weight excluding hydrogens is 212 g/mol. The van der Waals surface area contributed by atoms with Crippen LogP contribution in [0.25, 0.3) is 0 Å². The number of rotatable bonds is 1. The molecule has 2 heteroatoms. The second-order valence-electron chi connectivity index (χ2n) is 4.34. The maximum Gasteiger partial charge on any atom is 0.204 e. The Bertz CT molecular complexity index is 507. The molecule has 0 aliphatic carbocycles. The van der Waals surface area contributed by atoms with Gasteiger partial charge in [0.05, 0.1) is 5.92 Å². The van der Waals surface area contributed by atoms with Crippen molar-refractivity contribution in [3.8, 4) is 5.75 Å². The summed E-state index contributed by atoms with van der Waals surface area (Å²) in [5.74, 6) is 0.818. The second kappa shape index (κ2) is 4.22. The van der Waals surface area contributed by atoms with E-state index in [1.165, 1.54) is 0 Å². The van der Waals surface area contributed by atoms with Gasteiger partial charge in [0.15, 0.2) is 0 Å². The van der Waals surface area contributed by atoms with Crippen molar-refractivity contribution >= 4 is 0 Å². The number of aliphatic hydroxyl groups is 1. The molecule has 0 amide bonds. The fourth-order valence-electron chi connectivity index (χ4n) is 2.32. The first kappa shape index (κ1) is 10.4. The lowest BCUT2D eigenvalue weighted by Gasteiger charge is -2.30. The van der Waals surface area contributed by atoms with E-state index in [-0.39, 0.29) is 5.92 Å². The zero-order valence-corrected chi connectivity index (χ0v) is 9.41. The highest BCUT2D eigenvalue weighted by Crippen LogP contribution is 2.35. The van der Waals surface area contributed by atoms with Crippen LogP contribution in [0.1, 0.15) is 17.0 Å². The zero-order chi connectivity index (χ0) is 11.7. The van der Waals surface area contributed by atoms with Gasteiger partial charge in [0.1, 0.15) is 5.75 Å². The SMILES string of the molecule is O[C@@H]1Oc2ccccc2C[C@H]1c1ccccc1. The summed E-state index contributed by atoms with van der Waals surface area (Å²) in [6.45, 7) is 0. The number of hydrogen-bond acceptors (Lipinski definition) is 2. The van der Waals surface area contributed by atoms with Gasteiger partial charge in [-0.15, -0.1) is 0 Å². The van der Waals surface area contributed by atoms with Gasteiger partial charge in [-0.3, -0.25) is 0 Å². The molecule has 2 aromatic carbocycles. The highest BCUT2D eigenvalue weighted by Gasteiger charge is 2.29. The van der Waals surface area contributed by atoms with E-state index in [9.17, 15) is 5.11 Å². The van der Waals surface area contributed by atoms with Crippen LogP contribution in [0.3, 0.4) is 0 Å². The molecule has 0 spiro atoms.